The third-order valence-electron chi connectivity index (χ3n) is 5.54. The van der Waals surface area contributed by atoms with E-state index in [0.29, 0.717) is 17.9 Å². The number of halogens is 1. The summed E-state index contributed by atoms with van der Waals surface area (Å²) >= 11 is 6.50. The summed E-state index contributed by atoms with van der Waals surface area (Å²) in [4.78, 5) is 14.5. The van der Waals surface area contributed by atoms with Gasteiger partial charge >= 0.3 is 5.63 Å². The van der Waals surface area contributed by atoms with Gasteiger partial charge in [-0.25, -0.2) is 4.79 Å². The van der Waals surface area contributed by atoms with Gasteiger partial charge in [-0.05, 0) is 55.3 Å². The highest BCUT2D eigenvalue weighted by Gasteiger charge is 2.24. The zero-order valence-electron chi connectivity index (χ0n) is 16.5. The number of rotatable bonds is 7. The van der Waals surface area contributed by atoms with Crippen LogP contribution in [0, 0.1) is 0 Å². The smallest absolute Gasteiger partial charge is 0.336 e. The van der Waals surface area contributed by atoms with Crippen molar-refractivity contribution in [2.75, 3.05) is 26.7 Å². The number of hydrogen-bond donors (Lipinski definition) is 1. The van der Waals surface area contributed by atoms with Gasteiger partial charge < -0.3 is 14.5 Å². The van der Waals surface area contributed by atoms with Crippen molar-refractivity contribution in [3.05, 3.63) is 75.1 Å². The SMILES string of the molecule is COc1ccc2c(CNC[C@@H](c3ccccc3Cl)N3CCCC3)cc(=O)oc2c1. The van der Waals surface area contributed by atoms with E-state index >= 15 is 0 Å². The minimum Gasteiger partial charge on any atom is -0.497 e. The van der Waals surface area contributed by atoms with Gasteiger partial charge in [0.1, 0.15) is 11.3 Å². The predicted octanol–water partition coefficient (Wildman–Crippen LogP) is 4.38. The molecule has 0 unspecified atom stereocenters. The van der Waals surface area contributed by atoms with Crippen molar-refractivity contribution in [3.63, 3.8) is 0 Å². The number of hydrogen-bond acceptors (Lipinski definition) is 5. The summed E-state index contributed by atoms with van der Waals surface area (Å²) in [7, 11) is 1.60. The monoisotopic (exact) mass is 412 g/mol. The molecule has 5 nitrogen and oxygen atoms in total. The summed E-state index contributed by atoms with van der Waals surface area (Å²) in [6, 6.07) is 15.4. The quantitative estimate of drug-likeness (QED) is 0.583. The molecular weight excluding hydrogens is 388 g/mol. The molecule has 29 heavy (non-hydrogen) atoms. The fraction of sp³-hybridized carbons (Fsp3) is 0.348. The first-order valence-corrected chi connectivity index (χ1v) is 10.3. The van der Waals surface area contributed by atoms with Crippen molar-refractivity contribution in [2.45, 2.75) is 25.4 Å². The van der Waals surface area contributed by atoms with Crippen molar-refractivity contribution >= 4 is 22.6 Å². The molecule has 6 heteroatoms. The van der Waals surface area contributed by atoms with Gasteiger partial charge in [-0.15, -0.1) is 0 Å². The van der Waals surface area contributed by atoms with E-state index in [0.717, 1.165) is 41.2 Å². The minimum atomic E-state index is -0.357. The van der Waals surface area contributed by atoms with Gasteiger partial charge in [0.2, 0.25) is 0 Å². The number of likely N-dealkylation sites (tertiary alicyclic amines) is 1. The Labute approximate surface area is 175 Å². The molecule has 1 saturated heterocycles. The Bertz CT molecular complexity index is 1040. The molecule has 0 aliphatic carbocycles. The molecule has 0 spiro atoms. The van der Waals surface area contributed by atoms with Crippen LogP contribution < -0.4 is 15.7 Å². The zero-order chi connectivity index (χ0) is 20.2. The average molecular weight is 413 g/mol. The second kappa shape index (κ2) is 8.99. The van der Waals surface area contributed by atoms with E-state index in [9.17, 15) is 4.79 Å². The average Bonchev–Trinajstić information content (AvgIpc) is 3.26. The van der Waals surface area contributed by atoms with Crippen molar-refractivity contribution < 1.29 is 9.15 Å². The van der Waals surface area contributed by atoms with Crippen molar-refractivity contribution in [3.8, 4) is 5.75 Å². The third kappa shape index (κ3) is 4.47. The summed E-state index contributed by atoms with van der Waals surface area (Å²) in [5.74, 6) is 0.665. The number of nitrogens with one attached hydrogen (secondary N) is 1. The van der Waals surface area contributed by atoms with Crippen molar-refractivity contribution in [1.29, 1.82) is 0 Å². The van der Waals surface area contributed by atoms with Crippen LogP contribution in [0.3, 0.4) is 0 Å². The van der Waals surface area contributed by atoms with E-state index in [1.54, 1.807) is 19.2 Å². The predicted molar refractivity (Wildman–Crippen MR) is 116 cm³/mol. The molecule has 2 aromatic carbocycles. The van der Waals surface area contributed by atoms with Crippen LogP contribution in [0.5, 0.6) is 5.75 Å². The molecule has 3 aromatic rings. The fourth-order valence-electron chi connectivity index (χ4n) is 4.06. The van der Waals surface area contributed by atoms with Crippen molar-refractivity contribution in [1.82, 2.24) is 10.2 Å². The summed E-state index contributed by atoms with van der Waals surface area (Å²) in [6.07, 6.45) is 2.43. The van der Waals surface area contributed by atoms with Crippen LogP contribution in [-0.2, 0) is 6.54 Å². The molecule has 0 amide bonds. The Hall–Kier alpha value is -2.34. The highest BCUT2D eigenvalue weighted by atomic mass is 35.5. The maximum atomic E-state index is 12.0. The molecule has 1 aliphatic rings. The summed E-state index contributed by atoms with van der Waals surface area (Å²) in [5.41, 5.74) is 2.24. The number of methoxy groups -OCH3 is 1. The number of ether oxygens (including phenoxy) is 1. The first-order valence-electron chi connectivity index (χ1n) is 9.95. The normalized spacial score (nSPS) is 15.7. The van der Waals surface area contributed by atoms with Crippen LogP contribution >= 0.6 is 11.6 Å². The first kappa shape index (κ1) is 20.0. The number of nitrogens with zero attached hydrogens (tertiary/aromatic N) is 1. The molecule has 2 heterocycles. The third-order valence-corrected chi connectivity index (χ3v) is 5.88. The molecule has 1 atom stereocenters. The lowest BCUT2D eigenvalue weighted by Crippen LogP contribution is -2.34. The summed E-state index contributed by atoms with van der Waals surface area (Å²) < 4.78 is 10.6. The second-order valence-corrected chi connectivity index (χ2v) is 7.77. The fourth-order valence-corrected chi connectivity index (χ4v) is 4.32. The number of fused-ring (bicyclic) bond motifs is 1. The molecule has 4 rings (SSSR count). The Morgan fingerprint density at radius 3 is 2.72 bits per heavy atom. The van der Waals surface area contributed by atoms with Crippen LogP contribution in [0.15, 0.2) is 57.7 Å². The standard InChI is InChI=1S/C23H25ClN2O3/c1-28-17-8-9-18-16(12-23(27)29-22(18)13-17)14-25-15-21(26-10-4-5-11-26)19-6-2-3-7-20(19)24/h2-3,6-9,12-13,21,25H,4-5,10-11,14-15H2,1H3/t21-/m0/s1. The molecular formula is C23H25ClN2O3. The Morgan fingerprint density at radius 1 is 1.17 bits per heavy atom. The van der Waals surface area contributed by atoms with Gasteiger partial charge in [-0.1, -0.05) is 29.8 Å². The lowest BCUT2D eigenvalue weighted by atomic mass is 10.0. The van der Waals surface area contributed by atoms with Gasteiger partial charge in [-0.3, -0.25) is 4.90 Å². The van der Waals surface area contributed by atoms with E-state index in [2.05, 4.69) is 16.3 Å². The topological polar surface area (TPSA) is 54.7 Å². The number of benzene rings is 2. The molecule has 0 radical (unpaired) electrons. The van der Waals surface area contributed by atoms with E-state index in [-0.39, 0.29) is 11.7 Å². The van der Waals surface area contributed by atoms with Gasteiger partial charge in [0.25, 0.3) is 0 Å². The maximum absolute atomic E-state index is 12.0. The zero-order valence-corrected chi connectivity index (χ0v) is 17.2. The van der Waals surface area contributed by atoms with Crippen LogP contribution in [0.2, 0.25) is 5.02 Å². The maximum Gasteiger partial charge on any atom is 0.336 e. The Kier molecular flexibility index (Phi) is 6.19. The molecule has 0 saturated carbocycles. The van der Waals surface area contributed by atoms with Gasteiger partial charge in [-0.2, -0.15) is 0 Å². The van der Waals surface area contributed by atoms with Crippen molar-refractivity contribution in [2.24, 2.45) is 0 Å². The highest BCUT2D eigenvalue weighted by molar-refractivity contribution is 6.31. The second-order valence-electron chi connectivity index (χ2n) is 7.36. The molecule has 1 aromatic heterocycles. The van der Waals surface area contributed by atoms with E-state index in [1.165, 1.54) is 12.8 Å². The van der Waals surface area contributed by atoms with E-state index < -0.39 is 0 Å². The molecule has 1 aliphatic heterocycles. The Morgan fingerprint density at radius 2 is 1.97 bits per heavy atom. The molecule has 0 bridgehead atoms. The lowest BCUT2D eigenvalue weighted by molar-refractivity contribution is 0.238. The lowest BCUT2D eigenvalue weighted by Gasteiger charge is -2.29. The van der Waals surface area contributed by atoms with Crippen LogP contribution in [0.4, 0.5) is 0 Å². The first-order chi connectivity index (χ1) is 14.2. The molecule has 1 fully saturated rings. The Balaban J connectivity index is 1.54. The van der Waals surface area contributed by atoms with Crippen LogP contribution in [0.1, 0.15) is 30.0 Å². The van der Waals surface area contributed by atoms with E-state index in [4.69, 9.17) is 20.8 Å². The van der Waals surface area contributed by atoms with Gasteiger partial charge in [0.05, 0.1) is 7.11 Å². The van der Waals surface area contributed by atoms with Gasteiger partial charge in [0.15, 0.2) is 0 Å². The van der Waals surface area contributed by atoms with Crippen LogP contribution in [0.25, 0.3) is 11.0 Å². The largest absolute Gasteiger partial charge is 0.497 e. The highest BCUT2D eigenvalue weighted by Crippen LogP contribution is 2.30. The summed E-state index contributed by atoms with van der Waals surface area (Å²) in [6.45, 7) is 3.48. The summed E-state index contributed by atoms with van der Waals surface area (Å²) in [5, 5.41) is 5.25. The minimum absolute atomic E-state index is 0.206. The molecule has 152 valence electrons. The molecule has 1 N–H and O–H groups in total. The van der Waals surface area contributed by atoms with Gasteiger partial charge in [0, 0.05) is 41.7 Å². The van der Waals surface area contributed by atoms with Crippen LogP contribution in [-0.4, -0.2) is 31.6 Å². The van der Waals surface area contributed by atoms with E-state index in [1.807, 2.05) is 30.3 Å².